The van der Waals surface area contributed by atoms with E-state index in [9.17, 15) is 4.79 Å². The molecule has 3 rings (SSSR count). The van der Waals surface area contributed by atoms with Crippen molar-refractivity contribution < 1.29 is 9.53 Å². The number of morpholine rings is 1. The highest BCUT2D eigenvalue weighted by Gasteiger charge is 2.28. The van der Waals surface area contributed by atoms with Crippen LogP contribution < -0.4 is 0 Å². The first kappa shape index (κ1) is 16.4. The fourth-order valence-electron chi connectivity index (χ4n) is 3.19. The Bertz CT molecular complexity index is 524. The number of aryl methyl sites for hydroxylation is 1. The molecular weight excluding hydrogens is 294 g/mol. The van der Waals surface area contributed by atoms with Crippen LogP contribution in [0.1, 0.15) is 24.5 Å². The second-order valence-corrected chi connectivity index (χ2v) is 6.36. The van der Waals surface area contributed by atoms with Crippen LogP contribution in [0.4, 0.5) is 0 Å². The van der Waals surface area contributed by atoms with Gasteiger partial charge < -0.3 is 19.5 Å². The zero-order valence-electron chi connectivity index (χ0n) is 14.1. The van der Waals surface area contributed by atoms with Crippen molar-refractivity contribution in [3.05, 3.63) is 17.7 Å². The molecule has 0 bridgehead atoms. The molecule has 0 saturated carbocycles. The number of aromatic nitrogens is 2. The third kappa shape index (κ3) is 4.10. The topological polar surface area (TPSA) is 64.7 Å². The van der Waals surface area contributed by atoms with Crippen LogP contribution in [0.25, 0.3) is 0 Å². The number of carbonyl (C=O) groups is 1. The molecule has 0 aliphatic carbocycles. The van der Waals surface area contributed by atoms with Crippen molar-refractivity contribution in [3.8, 4) is 0 Å². The standard InChI is InChI=1S/C16H27N5O2/c1-3-19-4-6-20(7-5-19)12-15(22)21-8-9-23-14(11-21)16-17-10-13(2)18-16/h10,14H,3-9,11-12H2,1-2H3,(H,17,18). The lowest BCUT2D eigenvalue weighted by Crippen LogP contribution is -2.51. The molecule has 7 heteroatoms. The average Bonchev–Trinajstić information content (AvgIpc) is 3.02. The van der Waals surface area contributed by atoms with E-state index in [4.69, 9.17) is 4.74 Å². The zero-order valence-corrected chi connectivity index (χ0v) is 14.1. The van der Waals surface area contributed by atoms with Crippen LogP contribution in [0, 0.1) is 6.92 Å². The minimum absolute atomic E-state index is 0.140. The molecule has 1 amide bonds. The zero-order chi connectivity index (χ0) is 16.2. The van der Waals surface area contributed by atoms with E-state index < -0.39 is 0 Å². The van der Waals surface area contributed by atoms with E-state index in [0.717, 1.165) is 44.2 Å². The van der Waals surface area contributed by atoms with E-state index in [1.165, 1.54) is 0 Å². The molecule has 23 heavy (non-hydrogen) atoms. The smallest absolute Gasteiger partial charge is 0.236 e. The summed E-state index contributed by atoms with van der Waals surface area (Å²) in [5.74, 6) is 1.02. The number of piperazine rings is 1. The summed E-state index contributed by atoms with van der Waals surface area (Å²) in [5.41, 5.74) is 1.01. The molecule has 0 aromatic carbocycles. The quantitative estimate of drug-likeness (QED) is 0.861. The molecule has 1 aromatic rings. The molecule has 1 aromatic heterocycles. The Morgan fingerprint density at radius 1 is 1.30 bits per heavy atom. The molecule has 2 aliphatic rings. The van der Waals surface area contributed by atoms with E-state index in [2.05, 4.69) is 26.7 Å². The van der Waals surface area contributed by atoms with E-state index in [1.807, 2.05) is 11.8 Å². The van der Waals surface area contributed by atoms with Crippen LogP contribution in [0.15, 0.2) is 6.20 Å². The number of likely N-dealkylation sites (N-methyl/N-ethyl adjacent to an activating group) is 1. The summed E-state index contributed by atoms with van der Waals surface area (Å²) in [6.45, 7) is 11.7. The van der Waals surface area contributed by atoms with E-state index in [-0.39, 0.29) is 12.0 Å². The van der Waals surface area contributed by atoms with Crippen LogP contribution in [0.5, 0.6) is 0 Å². The summed E-state index contributed by atoms with van der Waals surface area (Å²) in [7, 11) is 0. The van der Waals surface area contributed by atoms with Crippen LogP contribution in [-0.4, -0.2) is 89.5 Å². The van der Waals surface area contributed by atoms with Crippen LogP contribution in [0.2, 0.25) is 0 Å². The molecule has 2 saturated heterocycles. The van der Waals surface area contributed by atoms with Gasteiger partial charge in [0, 0.05) is 44.6 Å². The molecule has 0 radical (unpaired) electrons. The number of hydrogen-bond donors (Lipinski definition) is 1. The van der Waals surface area contributed by atoms with Gasteiger partial charge in [0.15, 0.2) is 0 Å². The number of imidazole rings is 1. The monoisotopic (exact) mass is 321 g/mol. The summed E-state index contributed by atoms with van der Waals surface area (Å²) >= 11 is 0. The first-order valence-electron chi connectivity index (χ1n) is 8.51. The highest BCUT2D eigenvalue weighted by atomic mass is 16.5. The van der Waals surface area contributed by atoms with Gasteiger partial charge in [0.2, 0.25) is 5.91 Å². The highest BCUT2D eigenvalue weighted by molar-refractivity contribution is 5.78. The minimum Gasteiger partial charge on any atom is -0.367 e. The molecule has 1 atom stereocenters. The predicted molar refractivity (Wildman–Crippen MR) is 87.2 cm³/mol. The van der Waals surface area contributed by atoms with Crippen LogP contribution in [-0.2, 0) is 9.53 Å². The van der Waals surface area contributed by atoms with Crippen molar-refractivity contribution in [1.82, 2.24) is 24.7 Å². The largest absolute Gasteiger partial charge is 0.367 e. The molecule has 1 unspecified atom stereocenters. The first-order valence-corrected chi connectivity index (χ1v) is 8.51. The van der Waals surface area contributed by atoms with Gasteiger partial charge in [-0.1, -0.05) is 6.92 Å². The molecule has 2 aliphatic heterocycles. The van der Waals surface area contributed by atoms with Gasteiger partial charge in [-0.2, -0.15) is 0 Å². The molecule has 7 nitrogen and oxygen atoms in total. The summed E-state index contributed by atoms with van der Waals surface area (Å²) < 4.78 is 5.77. The number of rotatable bonds is 4. The SMILES string of the molecule is CCN1CCN(CC(=O)N2CCOC(c3ncc(C)[nH]3)C2)CC1. The Hall–Kier alpha value is -1.44. The lowest BCUT2D eigenvalue weighted by Gasteiger charge is -2.36. The Kier molecular flexibility index (Phi) is 5.30. The summed E-state index contributed by atoms with van der Waals surface area (Å²) in [4.78, 5) is 26.7. The van der Waals surface area contributed by atoms with Gasteiger partial charge in [-0.15, -0.1) is 0 Å². The number of aromatic amines is 1. The van der Waals surface area contributed by atoms with Crippen molar-refractivity contribution in [3.63, 3.8) is 0 Å². The van der Waals surface area contributed by atoms with E-state index >= 15 is 0 Å². The summed E-state index contributed by atoms with van der Waals surface area (Å²) in [6.07, 6.45) is 1.66. The summed E-state index contributed by atoms with van der Waals surface area (Å²) in [5, 5.41) is 0. The molecule has 0 spiro atoms. The van der Waals surface area contributed by atoms with Gasteiger partial charge in [0.05, 0.1) is 19.7 Å². The third-order valence-electron chi connectivity index (χ3n) is 4.72. The van der Waals surface area contributed by atoms with Gasteiger partial charge in [0.1, 0.15) is 11.9 Å². The molecule has 128 valence electrons. The number of hydrogen-bond acceptors (Lipinski definition) is 5. The lowest BCUT2D eigenvalue weighted by atomic mass is 10.2. The van der Waals surface area contributed by atoms with Gasteiger partial charge >= 0.3 is 0 Å². The Morgan fingerprint density at radius 3 is 2.70 bits per heavy atom. The minimum atomic E-state index is -0.140. The van der Waals surface area contributed by atoms with Crippen molar-refractivity contribution >= 4 is 5.91 Å². The maximum atomic E-state index is 12.6. The fourth-order valence-corrected chi connectivity index (χ4v) is 3.19. The second-order valence-electron chi connectivity index (χ2n) is 6.36. The normalized spacial score (nSPS) is 24.1. The highest BCUT2D eigenvalue weighted by Crippen LogP contribution is 2.20. The number of amides is 1. The number of nitrogens with zero attached hydrogens (tertiary/aromatic N) is 4. The van der Waals surface area contributed by atoms with Gasteiger partial charge in [-0.05, 0) is 13.5 Å². The van der Waals surface area contributed by atoms with Crippen LogP contribution in [0.3, 0.4) is 0 Å². The fraction of sp³-hybridized carbons (Fsp3) is 0.750. The third-order valence-corrected chi connectivity index (χ3v) is 4.72. The van der Waals surface area contributed by atoms with Gasteiger partial charge in [-0.25, -0.2) is 4.98 Å². The number of carbonyl (C=O) groups excluding carboxylic acids is 1. The van der Waals surface area contributed by atoms with Crippen molar-refractivity contribution in [2.75, 3.05) is 59.0 Å². The lowest BCUT2D eigenvalue weighted by molar-refractivity contribution is -0.140. The Balaban J connectivity index is 1.51. The molecule has 3 heterocycles. The predicted octanol–water partition coefficient (Wildman–Crippen LogP) is 0.256. The second kappa shape index (κ2) is 7.42. The molecule has 2 fully saturated rings. The van der Waals surface area contributed by atoms with E-state index in [1.54, 1.807) is 6.20 Å². The van der Waals surface area contributed by atoms with Gasteiger partial charge in [-0.3, -0.25) is 9.69 Å². The average molecular weight is 321 g/mol. The van der Waals surface area contributed by atoms with E-state index in [0.29, 0.717) is 26.2 Å². The Labute approximate surface area is 137 Å². The molecular formula is C16H27N5O2. The number of H-pyrrole nitrogens is 1. The number of nitrogens with one attached hydrogen (secondary N) is 1. The first-order chi connectivity index (χ1) is 11.2. The maximum absolute atomic E-state index is 12.6. The van der Waals surface area contributed by atoms with Crippen molar-refractivity contribution in [2.45, 2.75) is 20.0 Å². The van der Waals surface area contributed by atoms with Gasteiger partial charge in [0.25, 0.3) is 0 Å². The van der Waals surface area contributed by atoms with Crippen molar-refractivity contribution in [2.24, 2.45) is 0 Å². The van der Waals surface area contributed by atoms with Crippen molar-refractivity contribution in [1.29, 1.82) is 0 Å². The van der Waals surface area contributed by atoms with Crippen LogP contribution >= 0.6 is 0 Å². The maximum Gasteiger partial charge on any atom is 0.236 e. The number of ether oxygens (including phenoxy) is 1. The Morgan fingerprint density at radius 2 is 2.04 bits per heavy atom. The summed E-state index contributed by atoms with van der Waals surface area (Å²) in [6, 6.07) is 0. The molecule has 1 N–H and O–H groups in total.